The minimum atomic E-state index is -3.55. The number of hydrogen-bond donors (Lipinski definition) is 0. The Morgan fingerprint density at radius 3 is 2.69 bits per heavy atom. The van der Waals surface area contributed by atoms with Gasteiger partial charge in [-0.1, -0.05) is 12.1 Å². The van der Waals surface area contributed by atoms with Crippen molar-refractivity contribution in [2.75, 3.05) is 26.2 Å². The molecule has 2 aliphatic heterocycles. The van der Waals surface area contributed by atoms with E-state index < -0.39 is 10.0 Å². The third-order valence-electron chi connectivity index (χ3n) is 5.45. The number of amides is 1. The second-order valence-corrected chi connectivity index (χ2v) is 10.5. The summed E-state index contributed by atoms with van der Waals surface area (Å²) in [7, 11) is -3.55. The summed E-state index contributed by atoms with van der Waals surface area (Å²) in [6.07, 6.45) is 3.75. The van der Waals surface area contributed by atoms with Gasteiger partial charge >= 0.3 is 0 Å². The molecule has 1 aromatic heterocycles. The van der Waals surface area contributed by atoms with Crippen molar-refractivity contribution >= 4 is 27.3 Å². The summed E-state index contributed by atoms with van der Waals surface area (Å²) >= 11 is 1.61. The topological polar surface area (TPSA) is 66.9 Å². The summed E-state index contributed by atoms with van der Waals surface area (Å²) in [5, 5.41) is 1.99. The van der Waals surface area contributed by atoms with Crippen molar-refractivity contribution in [3.63, 3.8) is 0 Å². The molecule has 1 aromatic carbocycles. The van der Waals surface area contributed by atoms with Crippen LogP contribution in [-0.4, -0.2) is 55.9 Å². The molecule has 1 atom stereocenters. The first-order valence-corrected chi connectivity index (χ1v) is 12.4. The summed E-state index contributed by atoms with van der Waals surface area (Å²) in [5.74, 6) is -0.160. The number of carbonyl (C=O) groups excluding carboxylic acids is 1. The molecule has 0 radical (unpaired) electrons. The van der Waals surface area contributed by atoms with Gasteiger partial charge in [0, 0.05) is 36.7 Å². The SMILES string of the molecule is O=C(c1cccc(S(=O)(=O)N2CCCC2)c1)N(Cc1cccs1)C[C@H]1CCCO1. The molecule has 156 valence electrons. The first kappa shape index (κ1) is 20.5. The molecule has 0 unspecified atom stereocenters. The Bertz CT molecular complexity index is 931. The molecule has 6 nitrogen and oxygen atoms in total. The average Bonchev–Trinajstić information content (AvgIpc) is 3.50. The van der Waals surface area contributed by atoms with Gasteiger partial charge in [-0.2, -0.15) is 4.31 Å². The van der Waals surface area contributed by atoms with Crippen LogP contribution in [0.5, 0.6) is 0 Å². The molecule has 0 N–H and O–H groups in total. The average molecular weight is 435 g/mol. The number of nitrogens with zero attached hydrogens (tertiary/aromatic N) is 2. The maximum absolute atomic E-state index is 13.3. The van der Waals surface area contributed by atoms with E-state index in [-0.39, 0.29) is 16.9 Å². The van der Waals surface area contributed by atoms with Crippen LogP contribution in [-0.2, 0) is 21.3 Å². The smallest absolute Gasteiger partial charge is 0.254 e. The van der Waals surface area contributed by atoms with Crippen molar-refractivity contribution in [1.82, 2.24) is 9.21 Å². The fourth-order valence-corrected chi connectivity index (χ4v) is 6.18. The van der Waals surface area contributed by atoms with E-state index in [0.717, 1.165) is 37.2 Å². The quantitative estimate of drug-likeness (QED) is 0.670. The first-order chi connectivity index (χ1) is 14.0. The molecule has 4 rings (SSSR count). The number of benzene rings is 1. The third-order valence-corrected chi connectivity index (χ3v) is 8.20. The second kappa shape index (κ2) is 8.95. The van der Waals surface area contributed by atoms with Crippen LogP contribution >= 0.6 is 11.3 Å². The Morgan fingerprint density at radius 2 is 2.00 bits per heavy atom. The van der Waals surface area contributed by atoms with Crippen molar-refractivity contribution in [2.24, 2.45) is 0 Å². The molecule has 1 amide bonds. The number of carbonyl (C=O) groups is 1. The van der Waals surface area contributed by atoms with Crippen LogP contribution in [0.15, 0.2) is 46.7 Å². The summed E-state index contributed by atoms with van der Waals surface area (Å²) < 4.78 is 33.0. The van der Waals surface area contributed by atoms with Gasteiger partial charge in [0.05, 0.1) is 17.5 Å². The number of rotatable bonds is 7. The standard InChI is InChI=1S/C21H26N2O4S2/c24-21(22(15-18-7-4-12-27-18)16-19-8-5-13-28-19)17-6-3-9-20(14-17)29(25,26)23-10-1-2-11-23/h3,5-6,8-9,13-14,18H,1-2,4,7,10-12,15-16H2/t18-/m1/s1. The van der Waals surface area contributed by atoms with Gasteiger partial charge in [0.25, 0.3) is 5.91 Å². The Morgan fingerprint density at radius 1 is 1.17 bits per heavy atom. The van der Waals surface area contributed by atoms with Gasteiger partial charge < -0.3 is 9.64 Å². The zero-order chi connectivity index (χ0) is 20.3. The van der Waals surface area contributed by atoms with Crippen LogP contribution < -0.4 is 0 Å². The van der Waals surface area contributed by atoms with Crippen molar-refractivity contribution in [2.45, 2.75) is 43.2 Å². The summed E-state index contributed by atoms with van der Waals surface area (Å²) in [4.78, 5) is 16.4. The summed E-state index contributed by atoms with van der Waals surface area (Å²) in [5.41, 5.74) is 0.403. The third kappa shape index (κ3) is 4.71. The van der Waals surface area contributed by atoms with E-state index in [1.165, 1.54) is 10.4 Å². The zero-order valence-electron chi connectivity index (χ0n) is 16.3. The highest BCUT2D eigenvalue weighted by Gasteiger charge is 2.29. The molecular formula is C21H26N2O4S2. The van der Waals surface area contributed by atoms with Crippen molar-refractivity contribution in [1.29, 1.82) is 0 Å². The van der Waals surface area contributed by atoms with Crippen LogP contribution in [0.25, 0.3) is 0 Å². The fraction of sp³-hybridized carbons (Fsp3) is 0.476. The Hall–Kier alpha value is -1.74. The molecule has 3 heterocycles. The van der Waals surface area contributed by atoms with E-state index >= 15 is 0 Å². The minimum absolute atomic E-state index is 0.0374. The number of sulfonamides is 1. The number of hydrogen-bond acceptors (Lipinski definition) is 5. The normalized spacial score (nSPS) is 20.2. The molecule has 0 spiro atoms. The Balaban J connectivity index is 1.57. The highest BCUT2D eigenvalue weighted by molar-refractivity contribution is 7.89. The van der Waals surface area contributed by atoms with Crippen LogP contribution in [0.1, 0.15) is 40.9 Å². The lowest BCUT2D eigenvalue weighted by atomic mass is 10.1. The van der Waals surface area contributed by atoms with E-state index in [2.05, 4.69) is 0 Å². The maximum atomic E-state index is 13.3. The predicted molar refractivity (Wildman–Crippen MR) is 112 cm³/mol. The lowest BCUT2D eigenvalue weighted by molar-refractivity contribution is 0.0509. The van der Waals surface area contributed by atoms with Gasteiger partial charge in [0.1, 0.15) is 0 Å². The molecule has 2 aromatic rings. The first-order valence-electron chi connectivity index (χ1n) is 10.1. The van der Waals surface area contributed by atoms with E-state index in [4.69, 9.17) is 4.74 Å². The van der Waals surface area contributed by atoms with Gasteiger partial charge in [0.2, 0.25) is 10.0 Å². The highest BCUT2D eigenvalue weighted by atomic mass is 32.2. The lowest BCUT2D eigenvalue weighted by Gasteiger charge is -2.25. The van der Waals surface area contributed by atoms with Crippen LogP contribution in [0.4, 0.5) is 0 Å². The minimum Gasteiger partial charge on any atom is -0.376 e. The van der Waals surface area contributed by atoms with Crippen LogP contribution in [0.2, 0.25) is 0 Å². The Kier molecular flexibility index (Phi) is 6.34. The largest absolute Gasteiger partial charge is 0.376 e. The number of thiophene rings is 1. The molecule has 0 saturated carbocycles. The van der Waals surface area contributed by atoms with Crippen molar-refractivity contribution < 1.29 is 17.9 Å². The van der Waals surface area contributed by atoms with Gasteiger partial charge in [-0.25, -0.2) is 8.42 Å². The molecule has 0 bridgehead atoms. The maximum Gasteiger partial charge on any atom is 0.254 e. The molecule has 2 fully saturated rings. The van der Waals surface area contributed by atoms with Crippen molar-refractivity contribution in [3.8, 4) is 0 Å². The van der Waals surface area contributed by atoms with E-state index in [1.807, 2.05) is 17.5 Å². The molecule has 29 heavy (non-hydrogen) atoms. The molecular weight excluding hydrogens is 408 g/mol. The molecule has 0 aliphatic carbocycles. The van der Waals surface area contributed by atoms with Crippen LogP contribution in [0, 0.1) is 0 Å². The summed E-state index contributed by atoms with van der Waals surface area (Å²) in [6, 6.07) is 10.4. The van der Waals surface area contributed by atoms with E-state index in [0.29, 0.717) is 31.7 Å². The van der Waals surface area contributed by atoms with Gasteiger partial charge in [-0.05, 0) is 55.3 Å². The fourth-order valence-electron chi connectivity index (χ4n) is 3.89. The lowest BCUT2D eigenvalue weighted by Crippen LogP contribution is -2.37. The monoisotopic (exact) mass is 434 g/mol. The zero-order valence-corrected chi connectivity index (χ0v) is 18.0. The predicted octanol–water partition coefficient (Wildman–Crippen LogP) is 3.35. The van der Waals surface area contributed by atoms with E-state index in [1.54, 1.807) is 34.4 Å². The van der Waals surface area contributed by atoms with Crippen LogP contribution in [0.3, 0.4) is 0 Å². The van der Waals surface area contributed by atoms with E-state index in [9.17, 15) is 13.2 Å². The highest BCUT2D eigenvalue weighted by Crippen LogP contribution is 2.24. The molecule has 2 saturated heterocycles. The molecule has 2 aliphatic rings. The van der Waals surface area contributed by atoms with Gasteiger partial charge in [-0.15, -0.1) is 11.3 Å². The second-order valence-electron chi connectivity index (χ2n) is 7.54. The van der Waals surface area contributed by atoms with Gasteiger partial charge in [0.15, 0.2) is 0 Å². The van der Waals surface area contributed by atoms with Crippen molar-refractivity contribution in [3.05, 3.63) is 52.2 Å². The van der Waals surface area contributed by atoms with Gasteiger partial charge in [-0.3, -0.25) is 4.79 Å². The summed E-state index contributed by atoms with van der Waals surface area (Å²) in [6.45, 7) is 2.84. The number of ether oxygens (including phenoxy) is 1. The molecule has 8 heteroatoms. The Labute approximate surface area is 176 Å².